The Kier molecular flexibility index (Phi) is 9.07. The van der Waals surface area contributed by atoms with Crippen molar-refractivity contribution in [2.24, 2.45) is 5.73 Å². The van der Waals surface area contributed by atoms with Crippen molar-refractivity contribution in [3.8, 4) is 0 Å². The first-order chi connectivity index (χ1) is 5.41. The molecule has 2 N–H and O–H groups in total. The lowest BCUT2D eigenvalue weighted by Gasteiger charge is -1.99. The lowest BCUT2D eigenvalue weighted by atomic mass is 10.1. The number of hydrogen-bond donors (Lipinski definition) is 1. The van der Waals surface area contributed by atoms with E-state index < -0.39 is 0 Å². The molecule has 0 saturated heterocycles. The summed E-state index contributed by atoms with van der Waals surface area (Å²) < 4.78 is 4.98. The van der Waals surface area contributed by atoms with Gasteiger partial charge in [-0.15, -0.1) is 0 Å². The van der Waals surface area contributed by atoms with E-state index in [0.29, 0.717) is 0 Å². The first kappa shape index (κ1) is 10.5. The van der Waals surface area contributed by atoms with E-state index in [0.717, 1.165) is 26.0 Å². The predicted molar refractivity (Wildman–Crippen MR) is 48.3 cm³/mol. The summed E-state index contributed by atoms with van der Waals surface area (Å²) in [6.45, 7) is 5.10. The highest BCUT2D eigenvalue weighted by Crippen LogP contribution is 2.01. The molecule has 11 heavy (non-hydrogen) atoms. The number of rotatable bonds is 8. The molecule has 66 valence electrons. The molecule has 0 bridgehead atoms. The van der Waals surface area contributed by atoms with Crippen LogP contribution >= 0.6 is 0 Å². The maximum atomic E-state index is 5.35. The Morgan fingerprint density at radius 2 is 1.73 bits per heavy atom. The van der Waals surface area contributed by atoms with Crippen molar-refractivity contribution < 1.29 is 4.74 Å². The van der Waals surface area contributed by atoms with Gasteiger partial charge in [0.05, 0.1) is 12.9 Å². The van der Waals surface area contributed by atoms with Gasteiger partial charge in [-0.05, 0) is 19.4 Å². The molecule has 0 saturated carbocycles. The predicted octanol–water partition coefficient (Wildman–Crippen LogP) is 2.06. The second-order valence-electron chi connectivity index (χ2n) is 2.59. The Morgan fingerprint density at radius 3 is 2.36 bits per heavy atom. The lowest BCUT2D eigenvalue weighted by molar-refractivity contribution is 0.241. The second-order valence-corrected chi connectivity index (χ2v) is 2.59. The maximum Gasteiger partial charge on any atom is 0.0873 e. The zero-order chi connectivity index (χ0) is 8.36. The zero-order valence-electron chi connectivity index (χ0n) is 7.22. The van der Waals surface area contributed by atoms with Gasteiger partial charge >= 0.3 is 0 Å². The smallest absolute Gasteiger partial charge is 0.0873 e. The fraction of sp³-hybridized carbons (Fsp3) is 0.778. The van der Waals surface area contributed by atoms with Crippen LogP contribution in [0.4, 0.5) is 0 Å². The topological polar surface area (TPSA) is 35.2 Å². The normalized spacial score (nSPS) is 9.55. The first-order valence-electron chi connectivity index (χ1n) is 4.34. The average molecular weight is 157 g/mol. The molecule has 0 radical (unpaired) electrons. The van der Waals surface area contributed by atoms with E-state index in [1.165, 1.54) is 25.5 Å². The van der Waals surface area contributed by atoms with Crippen molar-refractivity contribution in [1.82, 2.24) is 0 Å². The molecule has 0 fully saturated rings. The molecule has 0 heterocycles. The highest BCUT2D eigenvalue weighted by atomic mass is 16.5. The molecule has 0 amide bonds. The summed E-state index contributed by atoms with van der Waals surface area (Å²) in [5, 5.41) is 0. The highest BCUT2D eigenvalue weighted by Gasteiger charge is 1.88. The van der Waals surface area contributed by atoms with Crippen molar-refractivity contribution in [2.45, 2.75) is 32.1 Å². The molecular formula is C9H19NO. The van der Waals surface area contributed by atoms with Gasteiger partial charge in [0.2, 0.25) is 0 Å². The Labute approximate surface area is 69.4 Å². The minimum Gasteiger partial charge on any atom is -0.502 e. The minimum atomic E-state index is 0.812. The van der Waals surface area contributed by atoms with Crippen LogP contribution in [0.15, 0.2) is 12.8 Å². The SMILES string of the molecule is C=COCCCCCCCN. The van der Waals surface area contributed by atoms with E-state index in [9.17, 15) is 0 Å². The summed E-state index contributed by atoms with van der Waals surface area (Å²) in [5.41, 5.74) is 5.35. The maximum absolute atomic E-state index is 5.35. The number of nitrogens with two attached hydrogens (primary N) is 1. The molecule has 0 aliphatic heterocycles. The first-order valence-corrected chi connectivity index (χ1v) is 4.34. The third-order valence-corrected chi connectivity index (χ3v) is 1.58. The molecule has 0 aromatic heterocycles. The van der Waals surface area contributed by atoms with E-state index in [1.807, 2.05) is 0 Å². The molecule has 0 rings (SSSR count). The number of hydrogen-bond acceptors (Lipinski definition) is 2. The van der Waals surface area contributed by atoms with Crippen LogP contribution in [0.2, 0.25) is 0 Å². The summed E-state index contributed by atoms with van der Waals surface area (Å²) in [6.07, 6.45) is 7.56. The largest absolute Gasteiger partial charge is 0.502 e. The Balaban J connectivity index is 2.74. The Bertz CT molecular complexity index is 83.6. The molecule has 0 atom stereocenters. The summed E-state index contributed by atoms with van der Waals surface area (Å²) >= 11 is 0. The summed E-state index contributed by atoms with van der Waals surface area (Å²) in [4.78, 5) is 0. The van der Waals surface area contributed by atoms with Gasteiger partial charge in [0.25, 0.3) is 0 Å². The number of unbranched alkanes of at least 4 members (excludes halogenated alkanes) is 4. The standard InChI is InChI=1S/C9H19NO/c1-2-11-9-7-5-3-4-6-8-10/h2H,1,3-10H2. The van der Waals surface area contributed by atoms with Crippen LogP contribution < -0.4 is 5.73 Å². The third-order valence-electron chi connectivity index (χ3n) is 1.58. The molecule has 2 nitrogen and oxygen atoms in total. The highest BCUT2D eigenvalue weighted by molar-refractivity contribution is 4.50. The summed E-state index contributed by atoms with van der Waals surface area (Å²) in [5.74, 6) is 0. The minimum absolute atomic E-state index is 0.812. The van der Waals surface area contributed by atoms with Gasteiger partial charge in [-0.1, -0.05) is 25.8 Å². The Hall–Kier alpha value is -0.500. The van der Waals surface area contributed by atoms with E-state index in [1.54, 1.807) is 0 Å². The van der Waals surface area contributed by atoms with Gasteiger partial charge in [0, 0.05) is 0 Å². The average Bonchev–Trinajstić information content (AvgIpc) is 2.03. The van der Waals surface area contributed by atoms with Gasteiger partial charge in [-0.2, -0.15) is 0 Å². The fourth-order valence-corrected chi connectivity index (χ4v) is 0.943. The van der Waals surface area contributed by atoms with Crippen LogP contribution in [0.3, 0.4) is 0 Å². The van der Waals surface area contributed by atoms with Crippen LogP contribution in [-0.2, 0) is 4.74 Å². The molecule has 0 aromatic rings. The second kappa shape index (κ2) is 9.50. The van der Waals surface area contributed by atoms with Crippen molar-refractivity contribution in [3.63, 3.8) is 0 Å². The Morgan fingerprint density at radius 1 is 1.09 bits per heavy atom. The molecule has 0 aliphatic rings. The third kappa shape index (κ3) is 9.50. The number of ether oxygens (including phenoxy) is 1. The molecule has 0 spiro atoms. The van der Waals surface area contributed by atoms with Gasteiger partial charge in [-0.25, -0.2) is 0 Å². The molecule has 0 aliphatic carbocycles. The van der Waals surface area contributed by atoms with Crippen LogP contribution in [0.1, 0.15) is 32.1 Å². The summed E-state index contributed by atoms with van der Waals surface area (Å²) in [6, 6.07) is 0. The molecule has 0 aromatic carbocycles. The quantitative estimate of drug-likeness (QED) is 0.432. The van der Waals surface area contributed by atoms with Gasteiger partial charge in [-0.3, -0.25) is 0 Å². The van der Waals surface area contributed by atoms with Crippen molar-refractivity contribution in [3.05, 3.63) is 12.8 Å². The van der Waals surface area contributed by atoms with Crippen LogP contribution in [0, 0.1) is 0 Å². The van der Waals surface area contributed by atoms with Gasteiger partial charge < -0.3 is 10.5 Å². The van der Waals surface area contributed by atoms with Gasteiger partial charge in [0.1, 0.15) is 0 Å². The van der Waals surface area contributed by atoms with E-state index in [2.05, 4.69) is 6.58 Å². The lowest BCUT2D eigenvalue weighted by Crippen LogP contribution is -1.97. The van der Waals surface area contributed by atoms with Crippen LogP contribution in [0.25, 0.3) is 0 Å². The molecule has 2 heteroatoms. The van der Waals surface area contributed by atoms with Crippen LogP contribution in [-0.4, -0.2) is 13.2 Å². The van der Waals surface area contributed by atoms with E-state index in [-0.39, 0.29) is 0 Å². The van der Waals surface area contributed by atoms with E-state index >= 15 is 0 Å². The molecular weight excluding hydrogens is 138 g/mol. The molecule has 0 unspecified atom stereocenters. The van der Waals surface area contributed by atoms with Crippen molar-refractivity contribution in [2.75, 3.05) is 13.2 Å². The van der Waals surface area contributed by atoms with E-state index in [4.69, 9.17) is 10.5 Å². The fourth-order valence-electron chi connectivity index (χ4n) is 0.943. The monoisotopic (exact) mass is 157 g/mol. The zero-order valence-corrected chi connectivity index (χ0v) is 7.22. The van der Waals surface area contributed by atoms with Crippen LogP contribution in [0.5, 0.6) is 0 Å². The van der Waals surface area contributed by atoms with Gasteiger partial charge in [0.15, 0.2) is 0 Å². The van der Waals surface area contributed by atoms with Crippen molar-refractivity contribution >= 4 is 0 Å². The summed E-state index contributed by atoms with van der Waals surface area (Å²) in [7, 11) is 0. The van der Waals surface area contributed by atoms with Crippen molar-refractivity contribution in [1.29, 1.82) is 0 Å².